The summed E-state index contributed by atoms with van der Waals surface area (Å²) in [5, 5.41) is 11.4. The lowest BCUT2D eigenvalue weighted by molar-refractivity contribution is -0.0352. The Morgan fingerprint density at radius 2 is 2.33 bits per heavy atom. The van der Waals surface area contributed by atoms with Gasteiger partial charge in [0, 0.05) is 25.6 Å². The van der Waals surface area contributed by atoms with E-state index in [1.54, 1.807) is 12.7 Å². The lowest BCUT2D eigenvalue weighted by atomic mass is 10.2. The first-order chi connectivity index (χ1) is 10.2. The number of nitrogens with one attached hydrogen (secondary N) is 1. The van der Waals surface area contributed by atoms with Crippen LogP contribution in [-0.4, -0.2) is 61.1 Å². The summed E-state index contributed by atoms with van der Waals surface area (Å²) in [6, 6.07) is 0. The SMILES string of the molecule is CC(C)c1n[nH]c([C@@H]2CN(CCn3cncn3)CCO2)n1. The van der Waals surface area contributed by atoms with E-state index in [4.69, 9.17) is 4.74 Å². The van der Waals surface area contributed by atoms with Gasteiger partial charge in [-0.15, -0.1) is 0 Å². The third-order valence-corrected chi connectivity index (χ3v) is 3.60. The van der Waals surface area contributed by atoms with Crippen molar-refractivity contribution in [3.63, 3.8) is 0 Å². The second kappa shape index (κ2) is 6.31. The standard InChI is InChI=1S/C13H21N7O/c1-10(2)12-16-13(18-17-12)11-7-19(5-6-21-11)3-4-20-9-14-8-15-20/h8-11H,3-7H2,1-2H3,(H,16,17,18)/t11-/m0/s1. The fourth-order valence-electron chi connectivity index (χ4n) is 2.35. The number of aromatic nitrogens is 6. The van der Waals surface area contributed by atoms with Gasteiger partial charge < -0.3 is 4.74 Å². The van der Waals surface area contributed by atoms with Crippen LogP contribution in [0.15, 0.2) is 12.7 Å². The zero-order chi connectivity index (χ0) is 14.7. The van der Waals surface area contributed by atoms with Crippen molar-refractivity contribution in [3.8, 4) is 0 Å². The Balaban J connectivity index is 1.57. The number of hydrogen-bond acceptors (Lipinski definition) is 6. The van der Waals surface area contributed by atoms with Crippen molar-refractivity contribution in [2.45, 2.75) is 32.4 Å². The minimum Gasteiger partial charge on any atom is -0.368 e. The third kappa shape index (κ3) is 3.45. The molecule has 0 bridgehead atoms. The molecule has 1 atom stereocenters. The largest absolute Gasteiger partial charge is 0.368 e. The summed E-state index contributed by atoms with van der Waals surface area (Å²) in [4.78, 5) is 10.8. The van der Waals surface area contributed by atoms with Crippen LogP contribution in [0.1, 0.15) is 37.5 Å². The Kier molecular flexibility index (Phi) is 4.26. The number of hydrogen-bond donors (Lipinski definition) is 1. The summed E-state index contributed by atoms with van der Waals surface area (Å²) < 4.78 is 7.66. The second-order valence-corrected chi connectivity index (χ2v) is 5.55. The Morgan fingerprint density at radius 1 is 1.43 bits per heavy atom. The van der Waals surface area contributed by atoms with Gasteiger partial charge in [-0.3, -0.25) is 14.7 Å². The third-order valence-electron chi connectivity index (χ3n) is 3.60. The molecule has 0 spiro atoms. The normalized spacial score (nSPS) is 20.2. The average molecular weight is 291 g/mol. The molecule has 0 amide bonds. The first kappa shape index (κ1) is 14.2. The van der Waals surface area contributed by atoms with Crippen LogP contribution in [0.25, 0.3) is 0 Å². The topological polar surface area (TPSA) is 84.8 Å². The van der Waals surface area contributed by atoms with Crippen LogP contribution < -0.4 is 0 Å². The van der Waals surface area contributed by atoms with E-state index in [0.717, 1.165) is 37.8 Å². The number of rotatable bonds is 5. The number of aromatic amines is 1. The monoisotopic (exact) mass is 291 g/mol. The smallest absolute Gasteiger partial charge is 0.155 e. The van der Waals surface area contributed by atoms with Crippen LogP contribution in [0, 0.1) is 0 Å². The molecule has 2 aromatic rings. The lowest BCUT2D eigenvalue weighted by Gasteiger charge is -2.31. The molecular formula is C13H21N7O. The van der Waals surface area contributed by atoms with Crippen LogP contribution in [0.5, 0.6) is 0 Å². The predicted molar refractivity (Wildman–Crippen MR) is 75.6 cm³/mol. The van der Waals surface area contributed by atoms with E-state index in [1.165, 1.54) is 0 Å². The summed E-state index contributed by atoms with van der Waals surface area (Å²) in [7, 11) is 0. The Morgan fingerprint density at radius 3 is 3.05 bits per heavy atom. The Labute approximate surface area is 123 Å². The van der Waals surface area contributed by atoms with Gasteiger partial charge >= 0.3 is 0 Å². The van der Waals surface area contributed by atoms with E-state index in [9.17, 15) is 0 Å². The van der Waals surface area contributed by atoms with Gasteiger partial charge in [-0.1, -0.05) is 13.8 Å². The molecule has 3 heterocycles. The van der Waals surface area contributed by atoms with Crippen LogP contribution in [0.3, 0.4) is 0 Å². The molecule has 1 aliphatic heterocycles. The van der Waals surface area contributed by atoms with Crippen LogP contribution in [0.4, 0.5) is 0 Å². The molecule has 8 nitrogen and oxygen atoms in total. The molecule has 0 aromatic carbocycles. The van der Waals surface area contributed by atoms with Gasteiger partial charge in [0.15, 0.2) is 11.6 Å². The second-order valence-electron chi connectivity index (χ2n) is 5.55. The fourth-order valence-corrected chi connectivity index (χ4v) is 2.35. The summed E-state index contributed by atoms with van der Waals surface area (Å²) in [5.74, 6) is 1.99. The molecule has 3 rings (SSSR count). The van der Waals surface area contributed by atoms with Gasteiger partial charge in [0.25, 0.3) is 0 Å². The summed E-state index contributed by atoms with van der Waals surface area (Å²) >= 11 is 0. The van der Waals surface area contributed by atoms with Crippen LogP contribution >= 0.6 is 0 Å². The van der Waals surface area contributed by atoms with Crippen molar-refractivity contribution in [1.29, 1.82) is 0 Å². The minimum atomic E-state index is -0.0329. The average Bonchev–Trinajstić information content (AvgIpc) is 3.17. The van der Waals surface area contributed by atoms with Crippen molar-refractivity contribution < 1.29 is 4.74 Å². The van der Waals surface area contributed by atoms with Gasteiger partial charge in [-0.25, -0.2) is 9.97 Å². The molecule has 0 aliphatic carbocycles. The highest BCUT2D eigenvalue weighted by Gasteiger charge is 2.25. The maximum atomic E-state index is 5.81. The van der Waals surface area contributed by atoms with Crippen LogP contribution in [0.2, 0.25) is 0 Å². The molecule has 1 aliphatic rings. The quantitative estimate of drug-likeness (QED) is 0.868. The zero-order valence-electron chi connectivity index (χ0n) is 12.4. The summed E-state index contributed by atoms with van der Waals surface area (Å²) in [6.45, 7) is 8.38. The molecule has 0 radical (unpaired) electrons. The Hall–Kier alpha value is -1.80. The maximum Gasteiger partial charge on any atom is 0.155 e. The number of morpholine rings is 1. The van der Waals surface area contributed by atoms with Gasteiger partial charge in [0.1, 0.15) is 18.8 Å². The van der Waals surface area contributed by atoms with Crippen molar-refractivity contribution in [1.82, 2.24) is 34.8 Å². The number of nitrogens with zero attached hydrogens (tertiary/aromatic N) is 6. The molecule has 8 heteroatoms. The highest BCUT2D eigenvalue weighted by molar-refractivity contribution is 4.99. The van der Waals surface area contributed by atoms with Crippen molar-refractivity contribution >= 4 is 0 Å². The molecule has 114 valence electrons. The molecule has 1 saturated heterocycles. The van der Waals surface area contributed by atoms with E-state index in [-0.39, 0.29) is 6.10 Å². The van der Waals surface area contributed by atoms with E-state index in [2.05, 4.69) is 44.0 Å². The predicted octanol–water partition coefficient (Wildman–Crippen LogP) is 0.593. The first-order valence-corrected chi connectivity index (χ1v) is 7.31. The maximum absolute atomic E-state index is 5.81. The summed E-state index contributed by atoms with van der Waals surface area (Å²) in [5.41, 5.74) is 0. The minimum absolute atomic E-state index is 0.0329. The van der Waals surface area contributed by atoms with Crippen molar-refractivity contribution in [2.75, 3.05) is 26.2 Å². The number of ether oxygens (including phenoxy) is 1. The highest BCUT2D eigenvalue weighted by Crippen LogP contribution is 2.20. The van der Waals surface area contributed by atoms with E-state index < -0.39 is 0 Å². The molecule has 0 unspecified atom stereocenters. The highest BCUT2D eigenvalue weighted by atomic mass is 16.5. The molecule has 2 aromatic heterocycles. The van der Waals surface area contributed by atoms with Gasteiger partial charge in [-0.2, -0.15) is 10.2 Å². The molecule has 1 N–H and O–H groups in total. The summed E-state index contributed by atoms with van der Waals surface area (Å²) in [6.07, 6.45) is 3.27. The van der Waals surface area contributed by atoms with Gasteiger partial charge in [0.05, 0.1) is 13.2 Å². The zero-order valence-corrected chi connectivity index (χ0v) is 12.4. The number of H-pyrrole nitrogens is 1. The molecule has 1 fully saturated rings. The Bertz CT molecular complexity index is 551. The van der Waals surface area contributed by atoms with E-state index >= 15 is 0 Å². The van der Waals surface area contributed by atoms with E-state index in [0.29, 0.717) is 12.5 Å². The first-order valence-electron chi connectivity index (χ1n) is 7.31. The lowest BCUT2D eigenvalue weighted by Crippen LogP contribution is -2.40. The van der Waals surface area contributed by atoms with Crippen molar-refractivity contribution in [2.24, 2.45) is 0 Å². The molecule has 0 saturated carbocycles. The fraction of sp³-hybridized carbons (Fsp3) is 0.692. The van der Waals surface area contributed by atoms with Gasteiger partial charge in [0.2, 0.25) is 0 Å². The van der Waals surface area contributed by atoms with Crippen molar-refractivity contribution in [3.05, 3.63) is 24.3 Å². The molecule has 21 heavy (non-hydrogen) atoms. The van der Waals surface area contributed by atoms with E-state index in [1.807, 2.05) is 4.68 Å². The van der Waals surface area contributed by atoms with Gasteiger partial charge in [-0.05, 0) is 0 Å². The van der Waals surface area contributed by atoms with Crippen LogP contribution in [-0.2, 0) is 11.3 Å². The molecular weight excluding hydrogens is 270 g/mol.